The first kappa shape index (κ1) is 21.7. The van der Waals surface area contributed by atoms with E-state index in [1.54, 1.807) is 60.3 Å². The zero-order valence-electron chi connectivity index (χ0n) is 18.9. The van der Waals surface area contributed by atoms with Crippen LogP contribution in [0.3, 0.4) is 0 Å². The maximum absolute atomic E-state index is 13.3. The quantitative estimate of drug-likeness (QED) is 0.353. The fourth-order valence-corrected chi connectivity index (χ4v) is 4.50. The summed E-state index contributed by atoms with van der Waals surface area (Å²) >= 11 is 1.63. The lowest BCUT2D eigenvalue weighted by molar-refractivity contribution is 0.102. The first-order valence-corrected chi connectivity index (χ1v) is 11.6. The number of nitrogens with one attached hydrogen (secondary N) is 1. The summed E-state index contributed by atoms with van der Waals surface area (Å²) in [5.74, 6) is 0.298. The number of rotatable bonds is 5. The van der Waals surface area contributed by atoms with Crippen LogP contribution >= 0.6 is 11.3 Å². The second kappa shape index (κ2) is 8.68. The Morgan fingerprint density at radius 1 is 1.09 bits per heavy atom. The van der Waals surface area contributed by atoms with Crippen LogP contribution in [-0.2, 0) is 0 Å². The van der Waals surface area contributed by atoms with E-state index in [2.05, 4.69) is 20.4 Å². The number of thiophene rings is 1. The maximum Gasteiger partial charge on any atom is 0.256 e. The number of pyridine rings is 1. The van der Waals surface area contributed by atoms with Crippen LogP contribution < -0.4 is 5.32 Å². The molecule has 1 amide bonds. The van der Waals surface area contributed by atoms with E-state index in [1.807, 2.05) is 37.6 Å². The van der Waals surface area contributed by atoms with Crippen LogP contribution in [0.5, 0.6) is 5.75 Å². The number of phenolic OH excluding ortho intramolecular Hbond substituents is 1. The minimum absolute atomic E-state index is 0.0969. The van der Waals surface area contributed by atoms with E-state index in [-0.39, 0.29) is 17.7 Å². The molecular formula is C25H22N6O2S. The Kier molecular flexibility index (Phi) is 5.54. The van der Waals surface area contributed by atoms with Gasteiger partial charge in [-0.05, 0) is 51.1 Å². The summed E-state index contributed by atoms with van der Waals surface area (Å²) < 4.78 is 1.82. The molecule has 0 atom stereocenters. The van der Waals surface area contributed by atoms with Gasteiger partial charge in [0.15, 0.2) is 11.5 Å². The molecule has 5 rings (SSSR count). The summed E-state index contributed by atoms with van der Waals surface area (Å²) in [7, 11) is 0. The molecule has 0 aliphatic rings. The van der Waals surface area contributed by atoms with Crippen molar-refractivity contribution in [3.63, 3.8) is 0 Å². The van der Waals surface area contributed by atoms with Gasteiger partial charge < -0.3 is 10.4 Å². The third-order valence-corrected chi connectivity index (χ3v) is 6.33. The van der Waals surface area contributed by atoms with E-state index in [4.69, 9.17) is 4.98 Å². The van der Waals surface area contributed by atoms with Crippen molar-refractivity contribution < 1.29 is 9.90 Å². The average molecular weight is 471 g/mol. The number of carbonyl (C=O) groups excluding carboxylic acids is 1. The number of aromatic nitrogens is 5. The SMILES string of the molecule is Cc1ccc(-c2cc(C(=O)Nc3cnc(-c4cccc(O)c4)nc3)c3cnn(C(C)C)c3n2)s1. The summed E-state index contributed by atoms with van der Waals surface area (Å²) in [6.07, 6.45) is 4.77. The fourth-order valence-electron chi connectivity index (χ4n) is 3.67. The van der Waals surface area contributed by atoms with Gasteiger partial charge in [0, 0.05) is 16.5 Å². The predicted molar refractivity (Wildman–Crippen MR) is 133 cm³/mol. The van der Waals surface area contributed by atoms with Crippen LogP contribution in [0.25, 0.3) is 33.0 Å². The lowest BCUT2D eigenvalue weighted by Gasteiger charge is -2.10. The molecule has 34 heavy (non-hydrogen) atoms. The third kappa shape index (κ3) is 4.13. The van der Waals surface area contributed by atoms with Gasteiger partial charge in [-0.15, -0.1) is 11.3 Å². The first-order valence-electron chi connectivity index (χ1n) is 10.8. The summed E-state index contributed by atoms with van der Waals surface area (Å²) in [5.41, 5.74) is 3.03. The Bertz CT molecular complexity index is 1500. The molecule has 0 radical (unpaired) electrons. The van der Waals surface area contributed by atoms with Crippen molar-refractivity contribution in [3.8, 4) is 27.7 Å². The van der Waals surface area contributed by atoms with Crippen molar-refractivity contribution >= 4 is 34.0 Å². The van der Waals surface area contributed by atoms with Crippen molar-refractivity contribution in [2.75, 3.05) is 5.32 Å². The molecule has 0 fully saturated rings. The number of hydrogen-bond acceptors (Lipinski definition) is 7. The average Bonchev–Trinajstić information content (AvgIpc) is 3.45. The Morgan fingerprint density at radius 2 is 1.88 bits per heavy atom. The van der Waals surface area contributed by atoms with Crippen LogP contribution in [0.4, 0.5) is 5.69 Å². The van der Waals surface area contributed by atoms with Gasteiger partial charge in [0.25, 0.3) is 5.91 Å². The Balaban J connectivity index is 1.50. The van der Waals surface area contributed by atoms with Gasteiger partial charge in [0.1, 0.15) is 5.75 Å². The molecule has 0 unspecified atom stereocenters. The first-order chi connectivity index (χ1) is 16.4. The number of aryl methyl sites for hydroxylation is 1. The molecule has 0 aliphatic carbocycles. The summed E-state index contributed by atoms with van der Waals surface area (Å²) in [5, 5.41) is 17.7. The monoisotopic (exact) mass is 470 g/mol. The third-order valence-electron chi connectivity index (χ3n) is 5.31. The molecular weight excluding hydrogens is 448 g/mol. The summed E-state index contributed by atoms with van der Waals surface area (Å²) in [4.78, 5) is 29.0. The topological polar surface area (TPSA) is 106 Å². The molecule has 8 nitrogen and oxygen atoms in total. The van der Waals surface area contributed by atoms with Gasteiger partial charge in [-0.25, -0.2) is 19.6 Å². The maximum atomic E-state index is 13.3. The smallest absolute Gasteiger partial charge is 0.256 e. The van der Waals surface area contributed by atoms with Gasteiger partial charge in [-0.2, -0.15) is 5.10 Å². The molecule has 0 spiro atoms. The van der Waals surface area contributed by atoms with Crippen molar-refractivity contribution in [3.05, 3.63) is 71.5 Å². The number of aromatic hydroxyl groups is 1. The van der Waals surface area contributed by atoms with Gasteiger partial charge in [0.2, 0.25) is 0 Å². The number of carbonyl (C=O) groups is 1. The van der Waals surface area contributed by atoms with Gasteiger partial charge in [0.05, 0.1) is 45.8 Å². The predicted octanol–water partition coefficient (Wildman–Crippen LogP) is 5.46. The van der Waals surface area contributed by atoms with E-state index >= 15 is 0 Å². The number of benzene rings is 1. The highest BCUT2D eigenvalue weighted by molar-refractivity contribution is 7.15. The van der Waals surface area contributed by atoms with Gasteiger partial charge in [-0.1, -0.05) is 12.1 Å². The molecule has 0 saturated heterocycles. The van der Waals surface area contributed by atoms with Crippen molar-refractivity contribution in [1.29, 1.82) is 0 Å². The highest BCUT2D eigenvalue weighted by Gasteiger charge is 2.19. The summed E-state index contributed by atoms with van der Waals surface area (Å²) in [6, 6.07) is 12.7. The molecule has 0 aliphatic heterocycles. The molecule has 2 N–H and O–H groups in total. The van der Waals surface area contributed by atoms with E-state index < -0.39 is 0 Å². The van der Waals surface area contributed by atoms with Crippen LogP contribution in [0.2, 0.25) is 0 Å². The van der Waals surface area contributed by atoms with Gasteiger partial charge >= 0.3 is 0 Å². The van der Waals surface area contributed by atoms with Gasteiger partial charge in [-0.3, -0.25) is 4.79 Å². The normalized spacial score (nSPS) is 11.3. The van der Waals surface area contributed by atoms with Crippen molar-refractivity contribution in [2.24, 2.45) is 0 Å². The molecule has 5 aromatic rings. The number of fused-ring (bicyclic) bond motifs is 1. The van der Waals surface area contributed by atoms with E-state index in [9.17, 15) is 9.90 Å². The molecule has 4 aromatic heterocycles. The number of nitrogens with zero attached hydrogens (tertiary/aromatic N) is 5. The van der Waals surface area contributed by atoms with E-state index in [1.165, 1.54) is 4.88 Å². The summed E-state index contributed by atoms with van der Waals surface area (Å²) in [6.45, 7) is 6.10. The lowest BCUT2D eigenvalue weighted by Crippen LogP contribution is -2.14. The minimum atomic E-state index is -0.293. The molecule has 0 saturated carbocycles. The molecule has 170 valence electrons. The van der Waals surface area contributed by atoms with Crippen LogP contribution in [-0.4, -0.2) is 35.7 Å². The largest absolute Gasteiger partial charge is 0.508 e. The molecule has 1 aromatic carbocycles. The Hall–Kier alpha value is -4.11. The Morgan fingerprint density at radius 3 is 2.56 bits per heavy atom. The zero-order valence-corrected chi connectivity index (χ0v) is 19.7. The minimum Gasteiger partial charge on any atom is -0.508 e. The molecule has 9 heteroatoms. The van der Waals surface area contributed by atoms with Crippen LogP contribution in [0.1, 0.15) is 35.1 Å². The van der Waals surface area contributed by atoms with E-state index in [0.717, 1.165) is 10.6 Å². The number of amides is 1. The van der Waals surface area contributed by atoms with Crippen LogP contribution in [0.15, 0.2) is 61.1 Å². The van der Waals surface area contributed by atoms with E-state index in [0.29, 0.717) is 33.7 Å². The highest BCUT2D eigenvalue weighted by atomic mass is 32.1. The van der Waals surface area contributed by atoms with Crippen molar-refractivity contribution in [2.45, 2.75) is 26.8 Å². The molecule has 0 bridgehead atoms. The zero-order chi connectivity index (χ0) is 23.8. The second-order valence-corrected chi connectivity index (χ2v) is 9.47. The Labute approximate surface area is 200 Å². The number of phenols is 1. The highest BCUT2D eigenvalue weighted by Crippen LogP contribution is 2.31. The fraction of sp³-hybridized carbons (Fsp3) is 0.160. The van der Waals surface area contributed by atoms with Crippen molar-refractivity contribution in [1.82, 2.24) is 24.7 Å². The number of hydrogen-bond donors (Lipinski definition) is 2. The molecule has 4 heterocycles. The number of anilines is 1. The lowest BCUT2D eigenvalue weighted by atomic mass is 10.1. The van der Waals surface area contributed by atoms with Crippen LogP contribution in [0, 0.1) is 6.92 Å². The standard InChI is InChI=1S/C25H22N6O2S/c1-14(2)31-24-20(13-28-31)19(10-21(30-24)22-8-7-15(3)34-22)25(33)29-17-11-26-23(27-12-17)16-5-4-6-18(32)9-16/h4-14,32H,1-3H3,(H,29,33). The second-order valence-electron chi connectivity index (χ2n) is 8.19.